The molecule has 0 fully saturated rings. The van der Waals surface area contributed by atoms with Crippen molar-refractivity contribution >= 4 is 11.5 Å². The fourth-order valence-corrected chi connectivity index (χ4v) is 2.67. The summed E-state index contributed by atoms with van der Waals surface area (Å²) in [6, 6.07) is 13.7. The monoisotopic (exact) mass is 251 g/mol. The van der Waals surface area contributed by atoms with Crippen molar-refractivity contribution in [3.63, 3.8) is 0 Å². The number of nitrogens with one attached hydrogen (secondary N) is 1. The number of carbonyl (C=O) groups is 1. The van der Waals surface area contributed by atoms with E-state index in [0.717, 1.165) is 29.7 Å². The molecule has 0 atom stereocenters. The second kappa shape index (κ2) is 4.88. The van der Waals surface area contributed by atoms with E-state index in [2.05, 4.69) is 17.4 Å². The first-order valence-electron chi connectivity index (χ1n) is 6.72. The standard InChI is InChI=1S/C17H17NO/c1-18-16-9-7-13(8-10-16)17(19)15-6-5-12-3-2-4-14(12)11-15/h5-11,18H,2-4H2,1H3. The average molecular weight is 251 g/mol. The third-order valence-corrected chi connectivity index (χ3v) is 3.80. The van der Waals surface area contributed by atoms with Gasteiger partial charge >= 0.3 is 0 Å². The number of rotatable bonds is 3. The van der Waals surface area contributed by atoms with Crippen molar-refractivity contribution in [3.05, 3.63) is 64.7 Å². The molecule has 0 saturated carbocycles. The number of anilines is 1. The zero-order chi connectivity index (χ0) is 13.2. The van der Waals surface area contributed by atoms with E-state index in [4.69, 9.17) is 0 Å². The number of hydrogen-bond acceptors (Lipinski definition) is 2. The van der Waals surface area contributed by atoms with Gasteiger partial charge in [0.1, 0.15) is 0 Å². The number of aryl methyl sites for hydroxylation is 2. The SMILES string of the molecule is CNc1ccc(C(=O)c2ccc3c(c2)CCC3)cc1. The highest BCUT2D eigenvalue weighted by Crippen LogP contribution is 2.24. The normalized spacial score (nSPS) is 13.1. The third-order valence-electron chi connectivity index (χ3n) is 3.80. The van der Waals surface area contributed by atoms with Crippen molar-refractivity contribution in [1.82, 2.24) is 0 Å². The summed E-state index contributed by atoms with van der Waals surface area (Å²) < 4.78 is 0. The van der Waals surface area contributed by atoms with Crippen molar-refractivity contribution in [3.8, 4) is 0 Å². The van der Waals surface area contributed by atoms with Gasteiger partial charge in [-0.25, -0.2) is 0 Å². The first kappa shape index (κ1) is 12.0. The predicted molar refractivity (Wildman–Crippen MR) is 77.9 cm³/mol. The molecule has 0 amide bonds. The van der Waals surface area contributed by atoms with E-state index in [1.807, 2.05) is 37.4 Å². The maximum absolute atomic E-state index is 12.4. The van der Waals surface area contributed by atoms with Gasteiger partial charge in [0.2, 0.25) is 0 Å². The first-order valence-corrected chi connectivity index (χ1v) is 6.72. The Hall–Kier alpha value is -2.09. The van der Waals surface area contributed by atoms with Crippen LogP contribution >= 0.6 is 0 Å². The summed E-state index contributed by atoms with van der Waals surface area (Å²) in [6.45, 7) is 0. The Labute approximate surface area is 113 Å². The van der Waals surface area contributed by atoms with Crippen LogP contribution in [0.25, 0.3) is 0 Å². The quantitative estimate of drug-likeness (QED) is 0.847. The molecule has 0 aromatic heterocycles. The maximum Gasteiger partial charge on any atom is 0.193 e. The Morgan fingerprint density at radius 2 is 1.63 bits per heavy atom. The van der Waals surface area contributed by atoms with E-state index < -0.39 is 0 Å². The zero-order valence-electron chi connectivity index (χ0n) is 11.1. The smallest absolute Gasteiger partial charge is 0.193 e. The Kier molecular flexibility index (Phi) is 3.08. The molecular formula is C17H17NO. The lowest BCUT2D eigenvalue weighted by molar-refractivity contribution is 0.103. The molecule has 96 valence electrons. The van der Waals surface area contributed by atoms with Crippen LogP contribution in [0.1, 0.15) is 33.5 Å². The second-order valence-electron chi connectivity index (χ2n) is 4.99. The highest BCUT2D eigenvalue weighted by Gasteiger charge is 2.14. The zero-order valence-corrected chi connectivity index (χ0v) is 11.1. The van der Waals surface area contributed by atoms with E-state index in [0.29, 0.717) is 0 Å². The van der Waals surface area contributed by atoms with Crippen LogP contribution in [0.4, 0.5) is 5.69 Å². The largest absolute Gasteiger partial charge is 0.388 e. The summed E-state index contributed by atoms with van der Waals surface area (Å²) in [5, 5.41) is 3.06. The minimum Gasteiger partial charge on any atom is -0.388 e. The van der Waals surface area contributed by atoms with E-state index in [9.17, 15) is 4.79 Å². The van der Waals surface area contributed by atoms with Crippen LogP contribution in [-0.4, -0.2) is 12.8 Å². The number of carbonyl (C=O) groups excluding carboxylic acids is 1. The summed E-state index contributed by atoms with van der Waals surface area (Å²) in [4.78, 5) is 12.4. The molecule has 0 radical (unpaired) electrons. The van der Waals surface area contributed by atoms with Crippen molar-refractivity contribution in [2.75, 3.05) is 12.4 Å². The summed E-state index contributed by atoms with van der Waals surface area (Å²) in [7, 11) is 1.87. The summed E-state index contributed by atoms with van der Waals surface area (Å²) in [5.74, 6) is 0.109. The van der Waals surface area contributed by atoms with Crippen molar-refractivity contribution in [1.29, 1.82) is 0 Å². The Bertz CT molecular complexity index is 614. The van der Waals surface area contributed by atoms with Gasteiger partial charge in [-0.15, -0.1) is 0 Å². The van der Waals surface area contributed by atoms with Crippen molar-refractivity contribution < 1.29 is 4.79 Å². The highest BCUT2D eigenvalue weighted by atomic mass is 16.1. The van der Waals surface area contributed by atoms with Crippen LogP contribution in [0.2, 0.25) is 0 Å². The molecule has 2 aromatic rings. The van der Waals surface area contributed by atoms with Crippen molar-refractivity contribution in [2.45, 2.75) is 19.3 Å². The lowest BCUT2D eigenvalue weighted by Crippen LogP contribution is -2.02. The van der Waals surface area contributed by atoms with E-state index >= 15 is 0 Å². The predicted octanol–water partition coefficient (Wildman–Crippen LogP) is 3.45. The number of benzene rings is 2. The molecular weight excluding hydrogens is 234 g/mol. The van der Waals surface area contributed by atoms with Gasteiger partial charge in [0.05, 0.1) is 0 Å². The van der Waals surface area contributed by atoms with Crippen LogP contribution < -0.4 is 5.32 Å². The van der Waals surface area contributed by atoms with E-state index in [1.54, 1.807) is 0 Å². The van der Waals surface area contributed by atoms with Crippen LogP contribution in [0.5, 0.6) is 0 Å². The highest BCUT2D eigenvalue weighted by molar-refractivity contribution is 6.09. The molecule has 1 aliphatic rings. The molecule has 1 aliphatic carbocycles. The molecule has 2 heteroatoms. The Morgan fingerprint density at radius 1 is 0.947 bits per heavy atom. The van der Waals surface area contributed by atoms with Crippen LogP contribution in [0, 0.1) is 0 Å². The molecule has 19 heavy (non-hydrogen) atoms. The third kappa shape index (κ3) is 2.26. The summed E-state index contributed by atoms with van der Waals surface area (Å²) >= 11 is 0. The van der Waals surface area contributed by atoms with Gasteiger partial charge in [-0.3, -0.25) is 4.79 Å². The average Bonchev–Trinajstić information content (AvgIpc) is 2.94. The second-order valence-corrected chi connectivity index (χ2v) is 4.99. The molecule has 2 nitrogen and oxygen atoms in total. The van der Waals surface area contributed by atoms with Gasteiger partial charge < -0.3 is 5.32 Å². The van der Waals surface area contributed by atoms with Crippen LogP contribution in [0.15, 0.2) is 42.5 Å². The number of ketones is 1. The molecule has 0 heterocycles. The number of fused-ring (bicyclic) bond motifs is 1. The summed E-state index contributed by atoms with van der Waals surface area (Å²) in [6.07, 6.45) is 3.47. The van der Waals surface area contributed by atoms with Gasteiger partial charge in [-0.1, -0.05) is 12.1 Å². The van der Waals surface area contributed by atoms with Crippen LogP contribution in [-0.2, 0) is 12.8 Å². The molecule has 1 N–H and O–H groups in total. The fourth-order valence-electron chi connectivity index (χ4n) is 2.67. The maximum atomic E-state index is 12.4. The fraction of sp³-hybridized carbons (Fsp3) is 0.235. The summed E-state index contributed by atoms with van der Waals surface area (Å²) in [5.41, 5.74) is 5.32. The van der Waals surface area contributed by atoms with E-state index in [-0.39, 0.29) is 5.78 Å². The molecule has 0 spiro atoms. The lowest BCUT2D eigenvalue weighted by atomic mass is 9.99. The Balaban J connectivity index is 1.90. The molecule has 2 aromatic carbocycles. The van der Waals surface area contributed by atoms with Gasteiger partial charge in [-0.2, -0.15) is 0 Å². The van der Waals surface area contributed by atoms with Crippen LogP contribution in [0.3, 0.4) is 0 Å². The number of hydrogen-bond donors (Lipinski definition) is 1. The van der Waals surface area contributed by atoms with Gasteiger partial charge in [0, 0.05) is 23.9 Å². The van der Waals surface area contributed by atoms with Gasteiger partial charge in [0.25, 0.3) is 0 Å². The molecule has 0 aliphatic heterocycles. The first-order chi connectivity index (χ1) is 9.28. The minimum absolute atomic E-state index is 0.109. The Morgan fingerprint density at radius 3 is 2.37 bits per heavy atom. The topological polar surface area (TPSA) is 29.1 Å². The molecule has 3 rings (SSSR count). The molecule has 0 bridgehead atoms. The molecule has 0 unspecified atom stereocenters. The molecule has 0 saturated heterocycles. The van der Waals surface area contributed by atoms with Gasteiger partial charge in [-0.05, 0) is 60.7 Å². The van der Waals surface area contributed by atoms with E-state index in [1.165, 1.54) is 17.5 Å². The van der Waals surface area contributed by atoms with Crippen molar-refractivity contribution in [2.24, 2.45) is 0 Å². The lowest BCUT2D eigenvalue weighted by Gasteiger charge is -2.06. The minimum atomic E-state index is 0.109. The van der Waals surface area contributed by atoms with Gasteiger partial charge in [0.15, 0.2) is 5.78 Å².